The lowest BCUT2D eigenvalue weighted by atomic mass is 10.1. The number of carbonyl (C=O) groups is 1. The Bertz CT molecular complexity index is 1390. The summed E-state index contributed by atoms with van der Waals surface area (Å²) in [6.45, 7) is 0.549. The third-order valence-corrected chi connectivity index (χ3v) is 8.21. The first-order valence-electron chi connectivity index (χ1n) is 11.3. The number of piperidine rings is 1. The Kier molecular flexibility index (Phi) is 6.17. The van der Waals surface area contributed by atoms with Crippen molar-refractivity contribution in [2.24, 2.45) is 0 Å². The maximum absolute atomic E-state index is 13.1. The number of carbonyl (C=O) groups excluding carboxylic acids is 1. The van der Waals surface area contributed by atoms with E-state index in [0.29, 0.717) is 30.0 Å². The molecule has 0 spiro atoms. The molecule has 188 valence electrons. The topological polar surface area (TPSA) is 104 Å². The maximum atomic E-state index is 13.1. The standard InChI is InChI=1S/C24H22F3N5O3S/c25-24(26,27)17-3-6-22(29-14-17)30-18-7-9-32(10-8-18)36(34,35)19-4-1-15(2-5-19)16-11-21-20(28-13-16)12-23(33)31-21/h1-6,11,13-14,18H,7-10,12H2,(H,29,30)(H,31,33). The molecule has 0 atom stereocenters. The average Bonchev–Trinajstić information content (AvgIpc) is 3.23. The minimum absolute atomic E-state index is 0.101. The van der Waals surface area contributed by atoms with Gasteiger partial charge in [0.1, 0.15) is 5.82 Å². The van der Waals surface area contributed by atoms with Crippen LogP contribution in [0.1, 0.15) is 24.1 Å². The number of hydrogen-bond donors (Lipinski definition) is 2. The Hall–Kier alpha value is -3.51. The van der Waals surface area contributed by atoms with Crippen LogP contribution in [-0.4, -0.2) is 47.7 Å². The normalized spacial score (nSPS) is 17.0. The van der Waals surface area contributed by atoms with Gasteiger partial charge in [-0.05, 0) is 48.7 Å². The highest BCUT2D eigenvalue weighted by atomic mass is 32.2. The van der Waals surface area contributed by atoms with E-state index in [-0.39, 0.29) is 36.4 Å². The molecule has 36 heavy (non-hydrogen) atoms. The molecule has 4 heterocycles. The van der Waals surface area contributed by atoms with E-state index in [0.717, 1.165) is 23.4 Å². The van der Waals surface area contributed by atoms with Crippen LogP contribution in [0, 0.1) is 0 Å². The molecule has 1 aromatic carbocycles. The smallest absolute Gasteiger partial charge is 0.367 e. The Labute approximate surface area is 205 Å². The van der Waals surface area contributed by atoms with Gasteiger partial charge in [-0.25, -0.2) is 13.4 Å². The molecule has 0 unspecified atom stereocenters. The van der Waals surface area contributed by atoms with Gasteiger partial charge in [-0.15, -0.1) is 0 Å². The van der Waals surface area contributed by atoms with Gasteiger partial charge in [0.2, 0.25) is 15.9 Å². The van der Waals surface area contributed by atoms with Crippen molar-refractivity contribution >= 4 is 27.4 Å². The lowest BCUT2D eigenvalue weighted by molar-refractivity contribution is -0.137. The van der Waals surface area contributed by atoms with Crippen molar-refractivity contribution in [3.8, 4) is 11.1 Å². The van der Waals surface area contributed by atoms with Crippen molar-refractivity contribution < 1.29 is 26.4 Å². The van der Waals surface area contributed by atoms with Gasteiger partial charge in [0.15, 0.2) is 0 Å². The first-order chi connectivity index (χ1) is 17.1. The predicted octanol–water partition coefficient (Wildman–Crippen LogP) is 3.92. The van der Waals surface area contributed by atoms with Crippen LogP contribution in [0.3, 0.4) is 0 Å². The van der Waals surface area contributed by atoms with E-state index in [2.05, 4.69) is 20.6 Å². The van der Waals surface area contributed by atoms with Gasteiger partial charge in [-0.1, -0.05) is 12.1 Å². The number of aromatic nitrogens is 2. The van der Waals surface area contributed by atoms with Gasteiger partial charge in [-0.2, -0.15) is 17.5 Å². The van der Waals surface area contributed by atoms with Crippen LogP contribution in [-0.2, 0) is 27.4 Å². The van der Waals surface area contributed by atoms with Gasteiger partial charge in [0.25, 0.3) is 0 Å². The van der Waals surface area contributed by atoms with Crippen LogP contribution in [0.25, 0.3) is 11.1 Å². The first-order valence-corrected chi connectivity index (χ1v) is 12.7. The summed E-state index contributed by atoms with van der Waals surface area (Å²) >= 11 is 0. The fraction of sp³-hybridized carbons (Fsp3) is 0.292. The van der Waals surface area contributed by atoms with Crippen LogP contribution in [0.5, 0.6) is 0 Å². The summed E-state index contributed by atoms with van der Waals surface area (Å²) in [6, 6.07) is 10.5. The second-order valence-corrected chi connectivity index (χ2v) is 10.7. The Balaban J connectivity index is 1.21. The molecule has 2 aliphatic heterocycles. The number of rotatable bonds is 5. The van der Waals surface area contributed by atoms with Crippen molar-refractivity contribution in [1.82, 2.24) is 14.3 Å². The van der Waals surface area contributed by atoms with Gasteiger partial charge >= 0.3 is 6.18 Å². The predicted molar refractivity (Wildman–Crippen MR) is 127 cm³/mol. The van der Waals surface area contributed by atoms with Crippen LogP contribution in [0.2, 0.25) is 0 Å². The molecule has 1 fully saturated rings. The zero-order valence-corrected chi connectivity index (χ0v) is 19.7. The highest BCUT2D eigenvalue weighted by Crippen LogP contribution is 2.31. The molecule has 0 radical (unpaired) electrons. The van der Waals surface area contributed by atoms with Crippen molar-refractivity contribution in [2.45, 2.75) is 36.4 Å². The Morgan fingerprint density at radius 3 is 2.33 bits per heavy atom. The highest BCUT2D eigenvalue weighted by Gasteiger charge is 2.32. The lowest BCUT2D eigenvalue weighted by Gasteiger charge is -2.32. The Morgan fingerprint density at radius 1 is 0.972 bits per heavy atom. The quantitative estimate of drug-likeness (QED) is 0.532. The van der Waals surface area contributed by atoms with Crippen molar-refractivity contribution in [3.05, 3.63) is 66.1 Å². The van der Waals surface area contributed by atoms with Crippen molar-refractivity contribution in [3.63, 3.8) is 0 Å². The number of amides is 1. The number of nitrogens with zero attached hydrogens (tertiary/aromatic N) is 3. The third kappa shape index (κ3) is 4.91. The lowest BCUT2D eigenvalue weighted by Crippen LogP contribution is -2.42. The van der Waals surface area contributed by atoms with Gasteiger partial charge < -0.3 is 10.6 Å². The average molecular weight is 518 g/mol. The van der Waals surface area contributed by atoms with Crippen molar-refractivity contribution in [2.75, 3.05) is 23.7 Å². The summed E-state index contributed by atoms with van der Waals surface area (Å²) in [5.41, 5.74) is 2.08. The van der Waals surface area contributed by atoms with Crippen LogP contribution < -0.4 is 10.6 Å². The Morgan fingerprint density at radius 2 is 1.69 bits per heavy atom. The summed E-state index contributed by atoms with van der Waals surface area (Å²) in [7, 11) is -3.70. The number of nitrogens with one attached hydrogen (secondary N) is 2. The SMILES string of the molecule is O=C1Cc2ncc(-c3ccc(S(=O)(=O)N4CCC(Nc5ccc(C(F)(F)F)cn5)CC4)cc3)cc2N1. The molecule has 1 saturated heterocycles. The monoisotopic (exact) mass is 517 g/mol. The maximum Gasteiger partial charge on any atom is 0.417 e. The first kappa shape index (κ1) is 24.2. The molecule has 0 saturated carbocycles. The van der Waals surface area contributed by atoms with E-state index >= 15 is 0 Å². The fourth-order valence-corrected chi connectivity index (χ4v) is 5.78. The van der Waals surface area contributed by atoms with Gasteiger partial charge in [-0.3, -0.25) is 9.78 Å². The molecule has 0 aliphatic carbocycles. The molecule has 12 heteroatoms. The minimum atomic E-state index is -4.45. The van der Waals surface area contributed by atoms with E-state index in [1.54, 1.807) is 30.5 Å². The molecule has 1 amide bonds. The largest absolute Gasteiger partial charge is 0.417 e. The highest BCUT2D eigenvalue weighted by molar-refractivity contribution is 7.89. The summed E-state index contributed by atoms with van der Waals surface area (Å²) in [5.74, 6) is 0.214. The number of benzene rings is 1. The van der Waals surface area contributed by atoms with E-state index < -0.39 is 21.8 Å². The molecule has 2 aromatic heterocycles. The van der Waals surface area contributed by atoms with Gasteiger partial charge in [0.05, 0.1) is 28.3 Å². The molecule has 8 nitrogen and oxygen atoms in total. The molecular formula is C24H22F3N5O3S. The van der Waals surface area contributed by atoms with E-state index in [4.69, 9.17) is 0 Å². The zero-order valence-electron chi connectivity index (χ0n) is 18.9. The van der Waals surface area contributed by atoms with Crippen LogP contribution in [0.15, 0.2) is 59.8 Å². The second kappa shape index (κ2) is 9.17. The number of halogens is 3. The van der Waals surface area contributed by atoms with E-state index in [9.17, 15) is 26.4 Å². The summed E-state index contributed by atoms with van der Waals surface area (Å²) in [6.07, 6.45) is -0.773. The van der Waals surface area contributed by atoms with Crippen LogP contribution >= 0.6 is 0 Å². The van der Waals surface area contributed by atoms with Crippen LogP contribution in [0.4, 0.5) is 24.7 Å². The number of sulfonamides is 1. The molecule has 2 N–H and O–H groups in total. The molecular weight excluding hydrogens is 495 g/mol. The summed E-state index contributed by atoms with van der Waals surface area (Å²) < 4.78 is 65.8. The molecule has 0 bridgehead atoms. The second-order valence-electron chi connectivity index (χ2n) is 8.72. The number of fused-ring (bicyclic) bond motifs is 1. The molecule has 3 aromatic rings. The fourth-order valence-electron chi connectivity index (χ4n) is 4.31. The van der Waals surface area contributed by atoms with Gasteiger partial charge in [0, 0.05) is 37.1 Å². The number of anilines is 2. The summed E-state index contributed by atoms with van der Waals surface area (Å²) in [5, 5.41) is 5.84. The summed E-state index contributed by atoms with van der Waals surface area (Å²) in [4.78, 5) is 19.8. The third-order valence-electron chi connectivity index (χ3n) is 6.29. The number of alkyl halides is 3. The van der Waals surface area contributed by atoms with Crippen molar-refractivity contribution in [1.29, 1.82) is 0 Å². The zero-order chi connectivity index (χ0) is 25.5. The molecule has 5 rings (SSSR count). The minimum Gasteiger partial charge on any atom is -0.367 e. The molecule has 2 aliphatic rings. The van der Waals surface area contributed by atoms with E-state index in [1.807, 2.05) is 6.07 Å². The number of hydrogen-bond acceptors (Lipinski definition) is 6. The van der Waals surface area contributed by atoms with E-state index in [1.165, 1.54) is 10.4 Å². The number of pyridine rings is 2.